The van der Waals surface area contributed by atoms with Gasteiger partial charge in [-0.15, -0.1) is 0 Å². The van der Waals surface area contributed by atoms with Crippen molar-refractivity contribution in [1.82, 2.24) is 0 Å². The maximum atomic E-state index is 12.1. The van der Waals surface area contributed by atoms with Gasteiger partial charge in [0.1, 0.15) is 5.60 Å². The number of nitrogens with one attached hydrogen (secondary N) is 2. The molecule has 6 heteroatoms. The van der Waals surface area contributed by atoms with Crippen LogP contribution in [0, 0.1) is 0 Å². The lowest BCUT2D eigenvalue weighted by atomic mass is 10.1. The number of aromatic carboxylic acids is 1. The van der Waals surface area contributed by atoms with Crippen molar-refractivity contribution in [3.05, 3.63) is 83.9 Å². The summed E-state index contributed by atoms with van der Waals surface area (Å²) in [5, 5.41) is 15.7. The van der Waals surface area contributed by atoms with Gasteiger partial charge in [0.15, 0.2) is 0 Å². The number of carbonyl (C=O) groups is 2. The molecule has 3 aromatic carbocycles. The number of hydrogen-bond acceptors (Lipinski definition) is 5. The predicted octanol–water partition coefficient (Wildman–Crippen LogP) is 5.83. The third-order valence-electron chi connectivity index (χ3n) is 4.13. The van der Waals surface area contributed by atoms with E-state index in [1.807, 2.05) is 57.2 Å². The first kappa shape index (κ1) is 20.9. The number of para-hydroxylation sites is 1. The van der Waals surface area contributed by atoms with Crippen molar-refractivity contribution in [2.24, 2.45) is 0 Å². The molecule has 0 unspecified atom stereocenters. The Balaban J connectivity index is 1.65. The van der Waals surface area contributed by atoms with E-state index >= 15 is 0 Å². The molecule has 0 aliphatic rings. The van der Waals surface area contributed by atoms with E-state index in [-0.39, 0.29) is 11.5 Å². The lowest BCUT2D eigenvalue weighted by Gasteiger charge is -2.19. The van der Waals surface area contributed by atoms with Crippen LogP contribution in [0.3, 0.4) is 0 Å². The maximum Gasteiger partial charge on any atom is 0.338 e. The summed E-state index contributed by atoms with van der Waals surface area (Å²) in [6.45, 7) is 5.50. The zero-order valence-electron chi connectivity index (χ0n) is 17.1. The molecule has 0 aliphatic carbocycles. The number of carbonyl (C=O) groups excluding carboxylic acids is 1. The highest BCUT2D eigenvalue weighted by Crippen LogP contribution is 2.24. The molecule has 3 N–H and O–H groups in total. The zero-order chi connectivity index (χ0) is 21.7. The van der Waals surface area contributed by atoms with E-state index in [4.69, 9.17) is 4.74 Å². The van der Waals surface area contributed by atoms with Crippen LogP contribution in [0.5, 0.6) is 0 Å². The Morgan fingerprint density at radius 2 is 1.27 bits per heavy atom. The molecule has 0 bridgehead atoms. The number of carboxylic acids is 1. The average molecular weight is 404 g/mol. The third-order valence-corrected chi connectivity index (χ3v) is 4.13. The zero-order valence-corrected chi connectivity index (χ0v) is 17.1. The largest absolute Gasteiger partial charge is 0.478 e. The summed E-state index contributed by atoms with van der Waals surface area (Å²) in [6, 6.07) is 21.3. The molecule has 154 valence electrons. The monoisotopic (exact) mass is 404 g/mol. The van der Waals surface area contributed by atoms with Crippen LogP contribution >= 0.6 is 0 Å². The summed E-state index contributed by atoms with van der Waals surface area (Å²) in [7, 11) is 0. The summed E-state index contributed by atoms with van der Waals surface area (Å²) in [5.74, 6) is -1.34. The van der Waals surface area contributed by atoms with Crippen LogP contribution in [0.25, 0.3) is 0 Å². The summed E-state index contributed by atoms with van der Waals surface area (Å²) in [5.41, 5.74) is 3.17. The molecule has 0 saturated heterocycles. The first-order valence-electron chi connectivity index (χ1n) is 9.51. The number of ether oxygens (including phenoxy) is 1. The number of rotatable bonds is 6. The topological polar surface area (TPSA) is 87.7 Å². The minimum Gasteiger partial charge on any atom is -0.478 e. The predicted molar refractivity (Wildman–Crippen MR) is 118 cm³/mol. The Kier molecular flexibility index (Phi) is 6.06. The standard InChI is InChI=1S/C24H24N2O4/c1-24(2,3)30-23(29)16-8-10-17(11-9-16)25-18-12-14-19(15-13-18)26-21-7-5-4-6-20(21)22(27)28/h4-15,25-26H,1-3H3,(H,27,28). The molecule has 3 aromatic rings. The average Bonchev–Trinajstić information content (AvgIpc) is 2.69. The first-order chi connectivity index (χ1) is 14.2. The van der Waals surface area contributed by atoms with E-state index in [1.165, 1.54) is 0 Å². The minimum absolute atomic E-state index is 0.213. The molecule has 0 spiro atoms. The summed E-state index contributed by atoms with van der Waals surface area (Å²) >= 11 is 0. The second-order valence-electron chi connectivity index (χ2n) is 7.76. The Morgan fingerprint density at radius 3 is 1.80 bits per heavy atom. The molecule has 0 fully saturated rings. The third kappa shape index (κ3) is 5.61. The van der Waals surface area contributed by atoms with Crippen LogP contribution in [-0.4, -0.2) is 22.6 Å². The molecule has 0 saturated carbocycles. The molecule has 30 heavy (non-hydrogen) atoms. The summed E-state index contributed by atoms with van der Waals surface area (Å²) < 4.78 is 5.36. The van der Waals surface area contributed by atoms with Crippen molar-refractivity contribution in [1.29, 1.82) is 0 Å². The van der Waals surface area contributed by atoms with Gasteiger partial charge in [-0.2, -0.15) is 0 Å². The molecule has 0 amide bonds. The van der Waals surface area contributed by atoms with Crippen molar-refractivity contribution in [2.45, 2.75) is 26.4 Å². The highest BCUT2D eigenvalue weighted by molar-refractivity contribution is 5.95. The molecule has 0 atom stereocenters. The van der Waals surface area contributed by atoms with Crippen molar-refractivity contribution in [2.75, 3.05) is 10.6 Å². The molecule has 6 nitrogen and oxygen atoms in total. The minimum atomic E-state index is -0.980. The normalized spacial score (nSPS) is 10.9. The second kappa shape index (κ2) is 8.69. The van der Waals surface area contributed by atoms with Crippen LogP contribution in [0.2, 0.25) is 0 Å². The second-order valence-corrected chi connectivity index (χ2v) is 7.76. The van der Waals surface area contributed by atoms with Gasteiger partial charge >= 0.3 is 11.9 Å². The van der Waals surface area contributed by atoms with Gasteiger partial charge in [-0.05, 0) is 81.4 Å². The van der Waals surface area contributed by atoms with E-state index in [0.717, 1.165) is 17.1 Å². The Morgan fingerprint density at radius 1 is 0.767 bits per heavy atom. The van der Waals surface area contributed by atoms with E-state index < -0.39 is 11.6 Å². The van der Waals surface area contributed by atoms with E-state index in [0.29, 0.717) is 11.3 Å². The first-order valence-corrected chi connectivity index (χ1v) is 9.51. The van der Waals surface area contributed by atoms with Crippen LogP contribution in [-0.2, 0) is 4.74 Å². The Bertz CT molecular complexity index is 1040. The number of anilines is 4. The quantitative estimate of drug-likeness (QED) is 0.448. The molecule has 0 radical (unpaired) electrons. The van der Waals surface area contributed by atoms with Gasteiger partial charge < -0.3 is 20.5 Å². The van der Waals surface area contributed by atoms with Crippen molar-refractivity contribution >= 4 is 34.7 Å². The van der Waals surface area contributed by atoms with Crippen molar-refractivity contribution in [3.8, 4) is 0 Å². The Labute approximate surface area is 175 Å². The molecular weight excluding hydrogens is 380 g/mol. The SMILES string of the molecule is CC(C)(C)OC(=O)c1ccc(Nc2ccc(Nc3ccccc3C(=O)O)cc2)cc1. The van der Waals surface area contributed by atoms with E-state index in [1.54, 1.807) is 36.4 Å². The van der Waals surface area contributed by atoms with Crippen molar-refractivity contribution in [3.63, 3.8) is 0 Å². The fraction of sp³-hybridized carbons (Fsp3) is 0.167. The van der Waals surface area contributed by atoms with Gasteiger partial charge in [0.05, 0.1) is 16.8 Å². The van der Waals surface area contributed by atoms with Crippen molar-refractivity contribution < 1.29 is 19.4 Å². The van der Waals surface area contributed by atoms with E-state index in [9.17, 15) is 14.7 Å². The van der Waals surface area contributed by atoms with Gasteiger partial charge in [-0.1, -0.05) is 12.1 Å². The van der Waals surface area contributed by atoms with Crippen LogP contribution in [0.15, 0.2) is 72.8 Å². The van der Waals surface area contributed by atoms with E-state index in [2.05, 4.69) is 10.6 Å². The highest BCUT2D eigenvalue weighted by atomic mass is 16.6. The van der Waals surface area contributed by atoms with Gasteiger partial charge in [0.25, 0.3) is 0 Å². The van der Waals surface area contributed by atoms with Gasteiger partial charge in [0, 0.05) is 17.1 Å². The lowest BCUT2D eigenvalue weighted by molar-refractivity contribution is 0.00693. The van der Waals surface area contributed by atoms with Crippen LogP contribution < -0.4 is 10.6 Å². The molecule has 0 aliphatic heterocycles. The summed E-state index contributed by atoms with van der Waals surface area (Å²) in [6.07, 6.45) is 0. The number of hydrogen-bond donors (Lipinski definition) is 3. The molecule has 0 aromatic heterocycles. The fourth-order valence-corrected chi connectivity index (χ4v) is 2.76. The maximum absolute atomic E-state index is 12.1. The van der Waals surface area contributed by atoms with Gasteiger partial charge in [0.2, 0.25) is 0 Å². The number of carboxylic acid groups (broad SMARTS) is 1. The van der Waals surface area contributed by atoms with Gasteiger partial charge in [-0.25, -0.2) is 9.59 Å². The van der Waals surface area contributed by atoms with Crippen LogP contribution in [0.4, 0.5) is 22.7 Å². The Hall–Kier alpha value is -3.80. The summed E-state index contributed by atoms with van der Waals surface area (Å²) in [4.78, 5) is 23.4. The smallest absolute Gasteiger partial charge is 0.338 e. The number of esters is 1. The molecule has 3 rings (SSSR count). The number of benzene rings is 3. The lowest BCUT2D eigenvalue weighted by Crippen LogP contribution is -2.23. The highest BCUT2D eigenvalue weighted by Gasteiger charge is 2.17. The fourth-order valence-electron chi connectivity index (χ4n) is 2.76. The molecular formula is C24H24N2O4. The molecule has 0 heterocycles. The van der Waals surface area contributed by atoms with Gasteiger partial charge in [-0.3, -0.25) is 0 Å². The van der Waals surface area contributed by atoms with Crippen LogP contribution in [0.1, 0.15) is 41.5 Å².